The number of nitrogens with one attached hydrogen (secondary N) is 2. The first-order valence-corrected chi connectivity index (χ1v) is 5.19. The number of nitro groups is 1. The van der Waals surface area contributed by atoms with Crippen LogP contribution in [0.25, 0.3) is 0 Å². The fourth-order valence-corrected chi connectivity index (χ4v) is 1.52. The van der Waals surface area contributed by atoms with Gasteiger partial charge in [0.25, 0.3) is 5.69 Å². The van der Waals surface area contributed by atoms with Crippen LogP contribution in [0, 0.1) is 10.1 Å². The lowest BCUT2D eigenvalue weighted by Gasteiger charge is -2.13. The van der Waals surface area contributed by atoms with Gasteiger partial charge in [-0.15, -0.1) is 0 Å². The maximum absolute atomic E-state index is 11.7. The highest BCUT2D eigenvalue weighted by atomic mass is 16.6. The number of hydrogen-bond acceptors (Lipinski definition) is 4. The van der Waals surface area contributed by atoms with E-state index in [9.17, 15) is 19.7 Å². The van der Waals surface area contributed by atoms with Crippen LogP contribution in [0.5, 0.6) is 0 Å². The molecular formula is C10H10N4O4. The van der Waals surface area contributed by atoms with E-state index >= 15 is 0 Å². The van der Waals surface area contributed by atoms with E-state index in [4.69, 9.17) is 0 Å². The number of nitro benzene ring substituents is 1. The largest absolute Gasteiger partial charge is 0.336 e. The fraction of sp³-hybridized carbons (Fsp3) is 0.200. The molecule has 1 fully saturated rings. The quantitative estimate of drug-likeness (QED) is 0.606. The normalized spacial score (nSPS) is 14.2. The highest BCUT2D eigenvalue weighted by Crippen LogP contribution is 2.16. The Morgan fingerprint density at radius 3 is 2.56 bits per heavy atom. The second-order valence-electron chi connectivity index (χ2n) is 3.62. The van der Waals surface area contributed by atoms with E-state index in [0.29, 0.717) is 18.8 Å². The van der Waals surface area contributed by atoms with Gasteiger partial charge in [0.05, 0.1) is 4.92 Å². The van der Waals surface area contributed by atoms with Crippen molar-refractivity contribution < 1.29 is 14.5 Å². The molecule has 1 saturated heterocycles. The summed E-state index contributed by atoms with van der Waals surface area (Å²) in [6.45, 7) is 0.726. The molecule has 0 spiro atoms. The van der Waals surface area contributed by atoms with Crippen molar-refractivity contribution in [2.75, 3.05) is 18.4 Å². The Labute approximate surface area is 102 Å². The molecule has 0 radical (unpaired) electrons. The number of hydrogen-bond donors (Lipinski definition) is 2. The molecule has 0 bridgehead atoms. The summed E-state index contributed by atoms with van der Waals surface area (Å²) in [5.74, 6) is 0. The molecule has 1 aliphatic rings. The summed E-state index contributed by atoms with van der Waals surface area (Å²) in [4.78, 5) is 33.8. The first-order chi connectivity index (χ1) is 8.58. The van der Waals surface area contributed by atoms with E-state index in [-0.39, 0.29) is 5.69 Å². The zero-order valence-electron chi connectivity index (χ0n) is 9.25. The second-order valence-corrected chi connectivity index (χ2v) is 3.62. The summed E-state index contributed by atoms with van der Waals surface area (Å²) < 4.78 is 0. The molecule has 0 unspecified atom stereocenters. The smallest absolute Gasteiger partial charge is 0.330 e. The maximum Gasteiger partial charge on any atom is 0.330 e. The first-order valence-electron chi connectivity index (χ1n) is 5.19. The van der Waals surface area contributed by atoms with Gasteiger partial charge in [-0.2, -0.15) is 0 Å². The number of imide groups is 1. The zero-order valence-corrected chi connectivity index (χ0v) is 9.25. The number of amides is 4. The van der Waals surface area contributed by atoms with E-state index in [2.05, 4.69) is 10.6 Å². The van der Waals surface area contributed by atoms with Gasteiger partial charge in [-0.25, -0.2) is 14.5 Å². The van der Waals surface area contributed by atoms with Crippen LogP contribution in [-0.4, -0.2) is 35.0 Å². The third-order valence-corrected chi connectivity index (χ3v) is 2.43. The fourth-order valence-electron chi connectivity index (χ4n) is 1.52. The van der Waals surface area contributed by atoms with Crippen molar-refractivity contribution in [1.29, 1.82) is 0 Å². The molecular weight excluding hydrogens is 240 g/mol. The monoisotopic (exact) mass is 250 g/mol. The SMILES string of the molecule is O=C1NCCN1C(=O)Nc1ccc([N+](=O)[O-])cc1. The van der Waals surface area contributed by atoms with E-state index in [0.717, 1.165) is 4.90 Å². The molecule has 2 N–H and O–H groups in total. The van der Waals surface area contributed by atoms with Crippen molar-refractivity contribution in [1.82, 2.24) is 10.2 Å². The third-order valence-electron chi connectivity index (χ3n) is 2.43. The Kier molecular flexibility index (Phi) is 3.09. The molecule has 1 heterocycles. The van der Waals surface area contributed by atoms with Crippen molar-refractivity contribution >= 4 is 23.4 Å². The lowest BCUT2D eigenvalue weighted by molar-refractivity contribution is -0.384. The van der Waals surface area contributed by atoms with Gasteiger partial charge in [0.1, 0.15) is 0 Å². The summed E-state index contributed by atoms with van der Waals surface area (Å²) in [5, 5.41) is 15.4. The highest BCUT2D eigenvalue weighted by Gasteiger charge is 2.26. The number of non-ortho nitro benzene ring substituents is 1. The number of benzene rings is 1. The minimum Gasteiger partial charge on any atom is -0.336 e. The van der Waals surface area contributed by atoms with Crippen molar-refractivity contribution in [2.24, 2.45) is 0 Å². The molecule has 4 amide bonds. The number of anilines is 1. The molecule has 8 nitrogen and oxygen atoms in total. The summed E-state index contributed by atoms with van der Waals surface area (Å²) >= 11 is 0. The van der Waals surface area contributed by atoms with E-state index in [1.54, 1.807) is 0 Å². The minimum atomic E-state index is -0.557. The molecule has 0 saturated carbocycles. The van der Waals surface area contributed by atoms with Crippen LogP contribution >= 0.6 is 0 Å². The first kappa shape index (κ1) is 11.8. The average molecular weight is 250 g/mol. The Morgan fingerprint density at radius 2 is 2.06 bits per heavy atom. The lowest BCUT2D eigenvalue weighted by Crippen LogP contribution is -2.37. The number of carbonyl (C=O) groups is 2. The van der Waals surface area contributed by atoms with Gasteiger partial charge >= 0.3 is 12.1 Å². The third kappa shape index (κ3) is 2.37. The van der Waals surface area contributed by atoms with Crippen molar-refractivity contribution in [2.45, 2.75) is 0 Å². The minimum absolute atomic E-state index is 0.0630. The Hall–Kier alpha value is -2.64. The Bertz CT molecular complexity index is 499. The van der Waals surface area contributed by atoms with Crippen LogP contribution in [0.2, 0.25) is 0 Å². The van der Waals surface area contributed by atoms with Crippen molar-refractivity contribution in [3.63, 3.8) is 0 Å². The number of nitrogens with zero attached hydrogens (tertiary/aromatic N) is 2. The summed E-state index contributed by atoms with van der Waals surface area (Å²) in [6, 6.07) is 4.36. The topological polar surface area (TPSA) is 105 Å². The van der Waals surface area contributed by atoms with Crippen molar-refractivity contribution in [3.05, 3.63) is 34.4 Å². The lowest BCUT2D eigenvalue weighted by atomic mass is 10.3. The van der Waals surface area contributed by atoms with Gasteiger partial charge in [0, 0.05) is 30.9 Å². The standard InChI is InChI=1S/C10H10N4O4/c15-9-11-5-6-13(9)10(16)12-7-1-3-8(4-2-7)14(17)18/h1-4H,5-6H2,(H,11,15)(H,12,16). The van der Waals surface area contributed by atoms with E-state index in [1.165, 1.54) is 24.3 Å². The zero-order chi connectivity index (χ0) is 13.1. The van der Waals surface area contributed by atoms with Crippen LogP contribution in [0.15, 0.2) is 24.3 Å². The Balaban J connectivity index is 2.03. The van der Waals surface area contributed by atoms with Gasteiger partial charge in [0.15, 0.2) is 0 Å². The van der Waals surface area contributed by atoms with Gasteiger partial charge in [-0.1, -0.05) is 0 Å². The molecule has 8 heteroatoms. The number of urea groups is 2. The highest BCUT2D eigenvalue weighted by molar-refractivity contribution is 6.01. The van der Waals surface area contributed by atoms with Crippen LogP contribution in [0.4, 0.5) is 21.0 Å². The van der Waals surface area contributed by atoms with Crippen LogP contribution in [-0.2, 0) is 0 Å². The van der Waals surface area contributed by atoms with Crippen LogP contribution < -0.4 is 10.6 Å². The molecule has 1 aliphatic heterocycles. The predicted molar refractivity (Wildman–Crippen MR) is 62.2 cm³/mol. The summed E-state index contributed by atoms with van der Waals surface area (Å²) in [5.41, 5.74) is 0.331. The molecule has 94 valence electrons. The predicted octanol–water partition coefficient (Wildman–Crippen LogP) is 1.15. The van der Waals surface area contributed by atoms with Gasteiger partial charge < -0.3 is 10.6 Å². The summed E-state index contributed by atoms with van der Waals surface area (Å²) in [7, 11) is 0. The molecule has 0 atom stereocenters. The number of carbonyl (C=O) groups excluding carboxylic acids is 2. The number of rotatable bonds is 2. The van der Waals surface area contributed by atoms with E-state index in [1.807, 2.05) is 0 Å². The summed E-state index contributed by atoms with van der Waals surface area (Å²) in [6.07, 6.45) is 0. The molecule has 1 aromatic carbocycles. The van der Waals surface area contributed by atoms with Crippen molar-refractivity contribution in [3.8, 4) is 0 Å². The molecule has 0 aliphatic carbocycles. The van der Waals surface area contributed by atoms with Crippen LogP contribution in [0.1, 0.15) is 0 Å². The van der Waals surface area contributed by atoms with E-state index < -0.39 is 17.0 Å². The Morgan fingerprint density at radius 1 is 1.39 bits per heavy atom. The molecule has 0 aromatic heterocycles. The van der Waals surface area contributed by atoms with Gasteiger partial charge in [-0.05, 0) is 12.1 Å². The van der Waals surface area contributed by atoms with Gasteiger partial charge in [0.2, 0.25) is 0 Å². The molecule has 2 rings (SSSR count). The van der Waals surface area contributed by atoms with Crippen LogP contribution in [0.3, 0.4) is 0 Å². The second kappa shape index (κ2) is 4.70. The molecule has 18 heavy (non-hydrogen) atoms. The maximum atomic E-state index is 11.7. The molecule has 1 aromatic rings. The van der Waals surface area contributed by atoms with Gasteiger partial charge in [-0.3, -0.25) is 10.1 Å². The average Bonchev–Trinajstić information content (AvgIpc) is 2.76.